The molecule has 212 valence electrons. The molecular weight excluding hydrogens is 536 g/mol. The third kappa shape index (κ3) is 4.04. The molecule has 3 atom stereocenters. The van der Waals surface area contributed by atoms with E-state index in [1.165, 1.54) is 24.3 Å². The summed E-state index contributed by atoms with van der Waals surface area (Å²) in [6, 6.07) is 19.8. The molecule has 1 spiro atoms. The lowest BCUT2D eigenvalue weighted by molar-refractivity contribution is -0.144. The Bertz CT molecular complexity index is 1630. The molecule has 6 nitrogen and oxygen atoms in total. The van der Waals surface area contributed by atoms with Crippen LogP contribution in [0.4, 0.5) is 14.5 Å². The Morgan fingerprint density at radius 1 is 0.857 bits per heavy atom. The van der Waals surface area contributed by atoms with E-state index in [2.05, 4.69) is 10.2 Å². The summed E-state index contributed by atoms with van der Waals surface area (Å²) in [5, 5.41) is 3.02. The highest BCUT2D eigenvalue weighted by atomic mass is 19.1. The van der Waals surface area contributed by atoms with Gasteiger partial charge in [-0.1, -0.05) is 54.6 Å². The zero-order valence-corrected chi connectivity index (χ0v) is 22.9. The maximum absolute atomic E-state index is 14.6. The largest absolute Gasteiger partial charge is 0.333 e. The number of likely N-dealkylation sites (tertiary alicyclic amines) is 1. The monoisotopic (exact) mass is 565 g/mol. The standard InChI is InChI=1S/C34H29F2N3O3/c35-28-12-4-1-8-21(28)16-23-19-38(20-24(31(23)40)17-22-9-2-5-13-29(22)36)32(41)27-18-25-10-7-15-39(25)34(27)26-11-3-6-14-30(26)37-33(34)42/h1-6,8-9,11-14,16-17,25,27H,7,10,15,18-20H2,(H,37,42)/b23-16+,24-17+/t25-,27-,34+/m0/s1. The fourth-order valence-electron chi connectivity index (χ4n) is 7.34. The molecule has 2 amide bonds. The first-order valence-corrected chi connectivity index (χ1v) is 14.3. The Hall–Kier alpha value is -4.43. The second-order valence-electron chi connectivity index (χ2n) is 11.4. The Morgan fingerprint density at radius 3 is 2.10 bits per heavy atom. The number of nitrogens with zero attached hydrogens (tertiary/aromatic N) is 2. The van der Waals surface area contributed by atoms with E-state index in [9.17, 15) is 23.2 Å². The van der Waals surface area contributed by atoms with Crippen molar-refractivity contribution in [2.75, 3.05) is 25.0 Å². The summed E-state index contributed by atoms with van der Waals surface area (Å²) < 4.78 is 29.3. The van der Waals surface area contributed by atoms with E-state index in [-0.39, 0.29) is 59.0 Å². The summed E-state index contributed by atoms with van der Waals surface area (Å²) in [5.41, 5.74) is 1.28. The highest BCUT2D eigenvalue weighted by molar-refractivity contribution is 6.16. The van der Waals surface area contributed by atoms with E-state index in [0.29, 0.717) is 18.7 Å². The first kappa shape index (κ1) is 26.5. The van der Waals surface area contributed by atoms with Crippen LogP contribution in [0.15, 0.2) is 83.9 Å². The van der Waals surface area contributed by atoms with E-state index in [1.54, 1.807) is 41.3 Å². The lowest BCUT2D eigenvalue weighted by atomic mass is 9.77. The van der Waals surface area contributed by atoms with E-state index in [4.69, 9.17) is 0 Å². The molecule has 0 radical (unpaired) electrons. The third-order valence-electron chi connectivity index (χ3n) is 9.16. The Balaban J connectivity index is 1.32. The molecule has 1 N–H and O–H groups in total. The predicted molar refractivity (Wildman–Crippen MR) is 155 cm³/mol. The number of hydrogen-bond donors (Lipinski definition) is 1. The molecule has 3 fully saturated rings. The fraction of sp³-hybridized carbons (Fsp3) is 0.265. The molecule has 0 aliphatic carbocycles. The number of halogens is 2. The van der Waals surface area contributed by atoms with Gasteiger partial charge in [0.2, 0.25) is 11.8 Å². The number of benzene rings is 3. The number of ketones is 1. The van der Waals surface area contributed by atoms with Gasteiger partial charge in [-0.25, -0.2) is 8.78 Å². The Morgan fingerprint density at radius 2 is 1.45 bits per heavy atom. The highest BCUT2D eigenvalue weighted by Gasteiger charge is 2.66. The lowest BCUT2D eigenvalue weighted by Crippen LogP contribution is -2.56. The molecule has 0 unspecified atom stereocenters. The van der Waals surface area contributed by atoms with Crippen LogP contribution in [0.5, 0.6) is 0 Å². The van der Waals surface area contributed by atoms with E-state index in [1.807, 2.05) is 24.3 Å². The summed E-state index contributed by atoms with van der Waals surface area (Å²) in [5.74, 6) is -2.47. The van der Waals surface area contributed by atoms with Gasteiger partial charge in [0.15, 0.2) is 5.78 Å². The maximum Gasteiger partial charge on any atom is 0.250 e. The SMILES string of the molecule is O=C1/C(=C/c2ccccc2F)CN(C(=O)[C@@H]2C[C@@H]3CCCN3[C@@]23C(=O)Nc2ccccc23)C/C1=C\c1ccccc1F. The quantitative estimate of drug-likeness (QED) is 0.445. The summed E-state index contributed by atoms with van der Waals surface area (Å²) in [6.45, 7) is 0.633. The summed E-state index contributed by atoms with van der Waals surface area (Å²) in [7, 11) is 0. The summed E-state index contributed by atoms with van der Waals surface area (Å²) in [6.07, 6.45) is 5.30. The minimum atomic E-state index is -1.14. The highest BCUT2D eigenvalue weighted by Crippen LogP contribution is 2.55. The zero-order chi connectivity index (χ0) is 29.0. The number of rotatable bonds is 3. The van der Waals surface area contributed by atoms with Gasteiger partial charge in [0.1, 0.15) is 17.2 Å². The van der Waals surface area contributed by atoms with Crippen LogP contribution in [0.3, 0.4) is 0 Å². The van der Waals surface area contributed by atoms with Crippen LogP contribution in [-0.2, 0) is 19.9 Å². The van der Waals surface area contributed by atoms with Gasteiger partial charge < -0.3 is 10.2 Å². The number of amides is 2. The molecule has 4 aliphatic heterocycles. The molecule has 42 heavy (non-hydrogen) atoms. The molecule has 8 heteroatoms. The summed E-state index contributed by atoms with van der Waals surface area (Å²) >= 11 is 0. The molecule has 0 bridgehead atoms. The number of hydrogen-bond acceptors (Lipinski definition) is 4. The predicted octanol–water partition coefficient (Wildman–Crippen LogP) is 5.18. The van der Waals surface area contributed by atoms with Gasteiger partial charge in [0.25, 0.3) is 0 Å². The Labute approximate surface area is 242 Å². The normalized spacial score (nSPS) is 27.1. The number of piperidine rings is 1. The molecule has 3 aromatic rings. The molecular formula is C34H29F2N3O3. The average molecular weight is 566 g/mol. The first-order chi connectivity index (χ1) is 20.4. The number of carbonyl (C=O) groups excluding carboxylic acids is 3. The van der Waals surface area contributed by atoms with E-state index < -0.39 is 23.1 Å². The molecule has 7 rings (SSSR count). The molecule has 0 aromatic heterocycles. The number of fused-ring (bicyclic) bond motifs is 4. The van der Waals surface area contributed by atoms with Crippen molar-refractivity contribution in [3.05, 3.63) is 112 Å². The number of Topliss-reactive ketones (excluding diaryl/α,β-unsaturated/α-hetero) is 1. The first-order valence-electron chi connectivity index (χ1n) is 14.3. The van der Waals surface area contributed by atoms with Crippen molar-refractivity contribution < 1.29 is 23.2 Å². The van der Waals surface area contributed by atoms with Crippen molar-refractivity contribution in [3.8, 4) is 0 Å². The van der Waals surface area contributed by atoms with Crippen LogP contribution in [0.1, 0.15) is 36.0 Å². The van der Waals surface area contributed by atoms with Crippen molar-refractivity contribution >= 4 is 35.4 Å². The average Bonchev–Trinajstić information content (AvgIpc) is 3.66. The minimum absolute atomic E-state index is 0.0406. The molecule has 4 aliphatic rings. The molecule has 3 saturated heterocycles. The number of nitrogens with one attached hydrogen (secondary N) is 1. The van der Waals surface area contributed by atoms with Crippen LogP contribution in [-0.4, -0.2) is 53.1 Å². The zero-order valence-electron chi connectivity index (χ0n) is 22.9. The molecule has 3 aromatic carbocycles. The van der Waals surface area contributed by atoms with E-state index >= 15 is 0 Å². The van der Waals surface area contributed by atoms with Crippen molar-refractivity contribution in [1.82, 2.24) is 9.80 Å². The second-order valence-corrected chi connectivity index (χ2v) is 11.4. The van der Waals surface area contributed by atoms with Crippen molar-refractivity contribution in [2.45, 2.75) is 30.8 Å². The maximum atomic E-state index is 14.6. The number of para-hydroxylation sites is 1. The van der Waals surface area contributed by atoms with Crippen LogP contribution in [0.2, 0.25) is 0 Å². The van der Waals surface area contributed by atoms with Gasteiger partial charge in [-0.15, -0.1) is 0 Å². The lowest BCUT2D eigenvalue weighted by Gasteiger charge is -2.39. The van der Waals surface area contributed by atoms with E-state index in [0.717, 1.165) is 18.4 Å². The van der Waals surface area contributed by atoms with Crippen molar-refractivity contribution in [2.24, 2.45) is 5.92 Å². The van der Waals surface area contributed by atoms with Crippen LogP contribution >= 0.6 is 0 Å². The van der Waals surface area contributed by atoms with Gasteiger partial charge in [0.05, 0.1) is 5.92 Å². The number of anilines is 1. The summed E-state index contributed by atoms with van der Waals surface area (Å²) in [4.78, 5) is 45.9. The van der Waals surface area contributed by atoms with Crippen LogP contribution < -0.4 is 5.32 Å². The molecule has 4 heterocycles. The van der Waals surface area contributed by atoms with Gasteiger partial charge in [-0.3, -0.25) is 19.3 Å². The smallest absolute Gasteiger partial charge is 0.250 e. The Kier molecular flexibility index (Phi) is 6.39. The van der Waals surface area contributed by atoms with Gasteiger partial charge >= 0.3 is 0 Å². The van der Waals surface area contributed by atoms with Crippen LogP contribution in [0.25, 0.3) is 12.2 Å². The fourth-order valence-corrected chi connectivity index (χ4v) is 7.34. The van der Waals surface area contributed by atoms with Crippen LogP contribution in [0, 0.1) is 17.6 Å². The molecule has 0 saturated carbocycles. The topological polar surface area (TPSA) is 69.7 Å². The van der Waals surface area contributed by atoms with Gasteiger partial charge in [-0.05, 0) is 56.2 Å². The van der Waals surface area contributed by atoms with Crippen molar-refractivity contribution in [3.63, 3.8) is 0 Å². The minimum Gasteiger partial charge on any atom is -0.333 e. The third-order valence-corrected chi connectivity index (χ3v) is 9.16. The van der Waals surface area contributed by atoms with Crippen molar-refractivity contribution in [1.29, 1.82) is 0 Å². The van der Waals surface area contributed by atoms with Gasteiger partial charge in [-0.2, -0.15) is 0 Å². The second kappa shape index (κ2) is 10.1. The van der Waals surface area contributed by atoms with Gasteiger partial charge in [0, 0.05) is 52.7 Å². The number of carbonyl (C=O) groups is 3.